The van der Waals surface area contributed by atoms with Crippen LogP contribution in [0.3, 0.4) is 0 Å². The summed E-state index contributed by atoms with van der Waals surface area (Å²) in [6, 6.07) is 9.46. The van der Waals surface area contributed by atoms with Gasteiger partial charge in [-0.1, -0.05) is 18.1 Å². The van der Waals surface area contributed by atoms with Crippen molar-refractivity contribution < 1.29 is 18.4 Å². The largest absolute Gasteiger partial charge is 0.395 e. The molecule has 3 heterocycles. The first-order valence-corrected chi connectivity index (χ1v) is 12.5. The third-order valence-corrected chi connectivity index (χ3v) is 6.26. The predicted molar refractivity (Wildman–Crippen MR) is 138 cm³/mol. The van der Waals surface area contributed by atoms with Gasteiger partial charge < -0.3 is 10.2 Å². The zero-order valence-electron chi connectivity index (χ0n) is 21.1. The van der Waals surface area contributed by atoms with E-state index in [2.05, 4.69) is 25.3 Å². The maximum atomic E-state index is 13.9. The third kappa shape index (κ3) is 7.16. The van der Waals surface area contributed by atoms with E-state index in [1.807, 2.05) is 31.3 Å². The Labute approximate surface area is 215 Å². The Balaban J connectivity index is 1.39. The standard InChI is InChI=1S/C28H31F2N5O2/c1-3-12-37-34-28(22-5-6-25(29)26(30)14-22)27-7-4-20(15-32-27)18-35-10-8-21(9-11-35)23-13-24(17-31-16-23)33-19(2)36/h4-7,13-17,21H,3,8-12,18H2,1-2H3,(H,33,36)/b34-28-. The van der Waals surface area contributed by atoms with Gasteiger partial charge in [-0.3, -0.25) is 19.7 Å². The highest BCUT2D eigenvalue weighted by molar-refractivity contribution is 6.11. The molecule has 194 valence electrons. The summed E-state index contributed by atoms with van der Waals surface area (Å²) >= 11 is 0. The quantitative estimate of drug-likeness (QED) is 0.242. The first kappa shape index (κ1) is 26.3. The fraction of sp³-hybridized carbons (Fsp3) is 0.357. The van der Waals surface area contributed by atoms with Crippen molar-refractivity contribution in [1.29, 1.82) is 0 Å². The zero-order valence-corrected chi connectivity index (χ0v) is 21.1. The van der Waals surface area contributed by atoms with E-state index in [0.29, 0.717) is 29.5 Å². The summed E-state index contributed by atoms with van der Waals surface area (Å²) < 4.78 is 27.3. The number of pyridine rings is 2. The monoisotopic (exact) mass is 507 g/mol. The first-order valence-electron chi connectivity index (χ1n) is 12.5. The van der Waals surface area contributed by atoms with Crippen LogP contribution in [0.1, 0.15) is 61.4 Å². The van der Waals surface area contributed by atoms with Gasteiger partial charge in [0, 0.05) is 31.4 Å². The summed E-state index contributed by atoms with van der Waals surface area (Å²) in [5, 5.41) is 6.95. The number of nitrogens with zero attached hydrogens (tertiary/aromatic N) is 4. The highest BCUT2D eigenvalue weighted by Gasteiger charge is 2.22. The number of likely N-dealkylation sites (tertiary alicyclic amines) is 1. The summed E-state index contributed by atoms with van der Waals surface area (Å²) in [5.41, 5.74) is 4.20. The average molecular weight is 508 g/mol. The van der Waals surface area contributed by atoms with E-state index in [1.54, 1.807) is 12.4 Å². The lowest BCUT2D eigenvalue weighted by atomic mass is 9.90. The lowest BCUT2D eigenvalue weighted by Gasteiger charge is -2.32. The number of hydrogen-bond donors (Lipinski definition) is 1. The van der Waals surface area contributed by atoms with E-state index in [4.69, 9.17) is 4.84 Å². The fourth-order valence-electron chi connectivity index (χ4n) is 4.39. The van der Waals surface area contributed by atoms with Crippen LogP contribution in [0.15, 0.2) is 60.1 Å². The molecule has 1 saturated heterocycles. The molecule has 0 spiro atoms. The van der Waals surface area contributed by atoms with Crippen LogP contribution in [-0.4, -0.2) is 46.2 Å². The molecule has 0 unspecified atom stereocenters. The summed E-state index contributed by atoms with van der Waals surface area (Å²) in [6.45, 7) is 6.49. The van der Waals surface area contributed by atoms with Gasteiger partial charge in [0.1, 0.15) is 12.3 Å². The van der Waals surface area contributed by atoms with Gasteiger partial charge >= 0.3 is 0 Å². The van der Waals surface area contributed by atoms with Crippen LogP contribution in [0.25, 0.3) is 0 Å². The lowest BCUT2D eigenvalue weighted by molar-refractivity contribution is -0.114. The van der Waals surface area contributed by atoms with Crippen molar-refractivity contribution >= 4 is 17.3 Å². The number of nitrogens with one attached hydrogen (secondary N) is 1. The molecule has 0 aliphatic carbocycles. The number of halogens is 2. The number of hydrogen-bond acceptors (Lipinski definition) is 6. The second-order valence-corrected chi connectivity index (χ2v) is 9.19. The number of aromatic nitrogens is 2. The van der Waals surface area contributed by atoms with Crippen LogP contribution in [0.4, 0.5) is 14.5 Å². The molecule has 1 aliphatic rings. The molecule has 1 fully saturated rings. The molecule has 37 heavy (non-hydrogen) atoms. The summed E-state index contributed by atoms with van der Waals surface area (Å²) in [7, 11) is 0. The molecule has 9 heteroatoms. The van der Waals surface area contributed by atoms with E-state index in [0.717, 1.165) is 67.8 Å². The Morgan fingerprint density at radius 2 is 1.92 bits per heavy atom. The minimum Gasteiger partial charge on any atom is -0.395 e. The lowest BCUT2D eigenvalue weighted by Crippen LogP contribution is -2.32. The highest BCUT2D eigenvalue weighted by Crippen LogP contribution is 2.29. The highest BCUT2D eigenvalue weighted by atomic mass is 19.2. The van der Waals surface area contributed by atoms with Crippen molar-refractivity contribution in [2.45, 2.75) is 45.6 Å². The van der Waals surface area contributed by atoms with Crippen molar-refractivity contribution in [2.24, 2.45) is 5.16 Å². The minimum atomic E-state index is -0.946. The van der Waals surface area contributed by atoms with Gasteiger partial charge in [0.15, 0.2) is 11.6 Å². The Morgan fingerprint density at radius 3 is 2.59 bits per heavy atom. The van der Waals surface area contributed by atoms with Gasteiger partial charge in [0.25, 0.3) is 0 Å². The minimum absolute atomic E-state index is 0.106. The van der Waals surface area contributed by atoms with Gasteiger partial charge in [-0.05, 0) is 79.7 Å². The second kappa shape index (κ2) is 12.5. The molecule has 1 aromatic carbocycles. The fourth-order valence-corrected chi connectivity index (χ4v) is 4.39. The van der Waals surface area contributed by atoms with E-state index >= 15 is 0 Å². The van der Waals surface area contributed by atoms with Gasteiger partial charge in [-0.25, -0.2) is 8.78 Å². The first-order chi connectivity index (χ1) is 17.9. The molecule has 0 atom stereocenters. The molecular formula is C28H31F2N5O2. The van der Waals surface area contributed by atoms with Crippen LogP contribution in [0.2, 0.25) is 0 Å². The molecule has 0 radical (unpaired) electrons. The molecule has 2 aromatic heterocycles. The normalized spacial score (nSPS) is 15.0. The number of amides is 1. The van der Waals surface area contributed by atoms with E-state index in [1.165, 1.54) is 13.0 Å². The van der Waals surface area contributed by atoms with Crippen LogP contribution in [-0.2, 0) is 16.2 Å². The summed E-state index contributed by atoms with van der Waals surface area (Å²) in [5.74, 6) is -1.57. The Morgan fingerprint density at radius 1 is 1.11 bits per heavy atom. The van der Waals surface area contributed by atoms with Gasteiger partial charge in [0.2, 0.25) is 5.91 Å². The number of anilines is 1. The van der Waals surface area contributed by atoms with Crippen molar-refractivity contribution in [2.75, 3.05) is 25.0 Å². The molecule has 0 bridgehead atoms. The SMILES string of the molecule is CCCO/N=C(/c1ccc(F)c(F)c1)c1ccc(CN2CCC(c3cncc(NC(C)=O)c3)CC2)cn1. The number of carbonyl (C=O) groups is 1. The van der Waals surface area contributed by atoms with E-state index in [-0.39, 0.29) is 5.91 Å². The number of rotatable bonds is 9. The van der Waals surface area contributed by atoms with E-state index < -0.39 is 11.6 Å². The van der Waals surface area contributed by atoms with Crippen molar-refractivity contribution in [3.8, 4) is 0 Å². The van der Waals surface area contributed by atoms with Crippen LogP contribution in [0, 0.1) is 11.6 Å². The molecule has 3 aromatic rings. The summed E-state index contributed by atoms with van der Waals surface area (Å²) in [6.07, 6.45) is 8.10. The predicted octanol–water partition coefficient (Wildman–Crippen LogP) is 5.27. The maximum absolute atomic E-state index is 13.9. The third-order valence-electron chi connectivity index (χ3n) is 6.26. The Hall–Kier alpha value is -3.72. The molecule has 4 rings (SSSR count). The van der Waals surface area contributed by atoms with Gasteiger partial charge in [0.05, 0.1) is 17.6 Å². The molecule has 1 amide bonds. The van der Waals surface area contributed by atoms with E-state index in [9.17, 15) is 13.6 Å². The van der Waals surface area contributed by atoms with Crippen LogP contribution in [0.5, 0.6) is 0 Å². The number of oxime groups is 1. The smallest absolute Gasteiger partial charge is 0.221 e. The van der Waals surface area contributed by atoms with Crippen LogP contribution >= 0.6 is 0 Å². The van der Waals surface area contributed by atoms with Crippen molar-refractivity contribution in [3.05, 3.63) is 89.0 Å². The Bertz CT molecular complexity index is 1240. The number of carbonyl (C=O) groups excluding carboxylic acids is 1. The maximum Gasteiger partial charge on any atom is 0.221 e. The van der Waals surface area contributed by atoms with Gasteiger partial charge in [-0.2, -0.15) is 0 Å². The number of benzene rings is 1. The van der Waals surface area contributed by atoms with Gasteiger partial charge in [-0.15, -0.1) is 0 Å². The topological polar surface area (TPSA) is 79.7 Å². The van der Waals surface area contributed by atoms with Crippen LogP contribution < -0.4 is 5.32 Å². The molecule has 1 N–H and O–H groups in total. The Kier molecular flexibility index (Phi) is 8.90. The second-order valence-electron chi connectivity index (χ2n) is 9.19. The van der Waals surface area contributed by atoms with Crippen molar-refractivity contribution in [3.63, 3.8) is 0 Å². The molecule has 7 nitrogen and oxygen atoms in total. The molecule has 1 aliphatic heterocycles. The molecular weight excluding hydrogens is 476 g/mol. The molecule has 0 saturated carbocycles. The summed E-state index contributed by atoms with van der Waals surface area (Å²) in [4.78, 5) is 27.9. The zero-order chi connectivity index (χ0) is 26.2. The average Bonchev–Trinajstić information content (AvgIpc) is 2.89. The van der Waals surface area contributed by atoms with Crippen molar-refractivity contribution in [1.82, 2.24) is 14.9 Å². The number of piperidine rings is 1.